The monoisotopic (exact) mass is 498 g/mol. The van der Waals surface area contributed by atoms with Crippen LogP contribution >= 0.6 is 0 Å². The zero-order chi connectivity index (χ0) is 25.3. The Morgan fingerprint density at radius 2 is 1.66 bits per heavy atom. The van der Waals surface area contributed by atoms with E-state index in [2.05, 4.69) is 4.72 Å². The first kappa shape index (κ1) is 24.7. The number of aryl methyl sites for hydroxylation is 3. The molecule has 1 aliphatic heterocycles. The van der Waals surface area contributed by atoms with Gasteiger partial charge in [0.2, 0.25) is 5.91 Å². The minimum absolute atomic E-state index is 0.0552. The summed E-state index contributed by atoms with van der Waals surface area (Å²) in [6.07, 6.45) is 3.89. The second-order valence-electron chi connectivity index (χ2n) is 9.13. The summed E-state index contributed by atoms with van der Waals surface area (Å²) in [4.78, 5) is 40.7. The molecule has 1 fully saturated rings. The lowest BCUT2D eigenvalue weighted by Crippen LogP contribution is -2.44. The fourth-order valence-electron chi connectivity index (χ4n) is 4.41. The highest BCUT2D eigenvalue weighted by atomic mass is 32.2. The van der Waals surface area contributed by atoms with E-state index in [0.717, 1.165) is 41.4 Å². The van der Waals surface area contributed by atoms with Gasteiger partial charge in [-0.1, -0.05) is 25.0 Å². The summed E-state index contributed by atoms with van der Waals surface area (Å²) < 4.78 is 31.0. The van der Waals surface area contributed by atoms with Crippen molar-refractivity contribution in [3.05, 3.63) is 68.4 Å². The average molecular weight is 499 g/mol. The van der Waals surface area contributed by atoms with Crippen LogP contribution in [0.2, 0.25) is 0 Å². The smallest absolute Gasteiger partial charge is 0.331 e. The van der Waals surface area contributed by atoms with Gasteiger partial charge in [0.05, 0.1) is 21.5 Å². The van der Waals surface area contributed by atoms with E-state index in [1.54, 1.807) is 17.9 Å². The summed E-state index contributed by atoms with van der Waals surface area (Å²) in [6.45, 7) is 4.50. The second kappa shape index (κ2) is 9.69. The topological polar surface area (TPSA) is 110 Å². The predicted octanol–water partition coefficient (Wildman–Crippen LogP) is 2.52. The van der Waals surface area contributed by atoms with E-state index in [1.807, 2.05) is 19.1 Å². The van der Waals surface area contributed by atoms with Gasteiger partial charge in [-0.15, -0.1) is 0 Å². The van der Waals surface area contributed by atoms with Gasteiger partial charge in [-0.05, 0) is 62.1 Å². The van der Waals surface area contributed by atoms with Crippen LogP contribution in [0.5, 0.6) is 0 Å². The number of sulfonamides is 1. The Bertz CT molecular complexity index is 1510. The van der Waals surface area contributed by atoms with Crippen LogP contribution in [0.1, 0.15) is 36.8 Å². The number of nitrogens with one attached hydrogen (secondary N) is 1. The van der Waals surface area contributed by atoms with Crippen LogP contribution in [0.4, 0.5) is 5.69 Å². The van der Waals surface area contributed by atoms with Crippen molar-refractivity contribution in [2.75, 3.05) is 17.8 Å². The number of hydrogen-bond acceptors (Lipinski definition) is 5. The van der Waals surface area contributed by atoms with Crippen molar-refractivity contribution in [2.45, 2.75) is 51.0 Å². The number of aromatic nitrogens is 2. The Balaban J connectivity index is 1.74. The molecule has 0 saturated carbocycles. The molecule has 2 aromatic carbocycles. The largest absolute Gasteiger partial charge is 0.341 e. The second-order valence-corrected chi connectivity index (χ2v) is 10.8. The van der Waals surface area contributed by atoms with Crippen molar-refractivity contribution < 1.29 is 13.2 Å². The van der Waals surface area contributed by atoms with Crippen molar-refractivity contribution in [3.8, 4) is 0 Å². The summed E-state index contributed by atoms with van der Waals surface area (Å²) in [6, 6.07) is 9.51. The van der Waals surface area contributed by atoms with Crippen molar-refractivity contribution in [1.82, 2.24) is 14.0 Å². The summed E-state index contributed by atoms with van der Waals surface area (Å²) in [5.74, 6) is -0.286. The SMILES string of the molecule is Cc1ccc(C)c(NS(=O)(=O)c2ccc3c(c2)c(=O)n(CC(=O)N2CCCCCC2)c(=O)n3C)c1. The van der Waals surface area contributed by atoms with Gasteiger partial charge in [-0.3, -0.25) is 23.4 Å². The molecule has 1 aliphatic rings. The van der Waals surface area contributed by atoms with Gasteiger partial charge in [0.15, 0.2) is 0 Å². The zero-order valence-corrected chi connectivity index (χ0v) is 21.0. The predicted molar refractivity (Wildman–Crippen MR) is 135 cm³/mol. The van der Waals surface area contributed by atoms with E-state index in [9.17, 15) is 22.8 Å². The van der Waals surface area contributed by atoms with Crippen molar-refractivity contribution in [3.63, 3.8) is 0 Å². The number of amides is 1. The first-order valence-electron chi connectivity index (χ1n) is 11.7. The highest BCUT2D eigenvalue weighted by Crippen LogP contribution is 2.22. The number of carbonyl (C=O) groups is 1. The van der Waals surface area contributed by atoms with Crippen LogP contribution in [-0.2, 0) is 28.4 Å². The molecule has 0 atom stereocenters. The Morgan fingerprint density at radius 3 is 2.34 bits per heavy atom. The van der Waals surface area contributed by atoms with Crippen LogP contribution in [0.25, 0.3) is 10.9 Å². The molecule has 10 heteroatoms. The highest BCUT2D eigenvalue weighted by molar-refractivity contribution is 7.92. The summed E-state index contributed by atoms with van der Waals surface area (Å²) in [5, 5.41) is 0.0552. The summed E-state index contributed by atoms with van der Waals surface area (Å²) in [5.41, 5.74) is 1.11. The first-order valence-corrected chi connectivity index (χ1v) is 13.2. The number of carbonyl (C=O) groups excluding carboxylic acids is 1. The third kappa shape index (κ3) is 5.02. The molecule has 1 aromatic heterocycles. The van der Waals surface area contributed by atoms with E-state index < -0.39 is 21.3 Å². The van der Waals surface area contributed by atoms with Crippen molar-refractivity contribution in [1.29, 1.82) is 0 Å². The molecule has 35 heavy (non-hydrogen) atoms. The maximum absolute atomic E-state index is 13.3. The molecule has 0 aliphatic carbocycles. The fourth-order valence-corrected chi connectivity index (χ4v) is 5.55. The molecule has 0 radical (unpaired) electrons. The molecular weight excluding hydrogens is 468 g/mol. The summed E-state index contributed by atoms with van der Waals surface area (Å²) >= 11 is 0. The maximum Gasteiger partial charge on any atom is 0.331 e. The highest BCUT2D eigenvalue weighted by Gasteiger charge is 2.22. The molecule has 4 rings (SSSR count). The number of rotatable bonds is 5. The normalized spacial score (nSPS) is 14.7. The van der Waals surface area contributed by atoms with E-state index in [0.29, 0.717) is 24.3 Å². The molecule has 1 N–H and O–H groups in total. The molecule has 186 valence electrons. The average Bonchev–Trinajstić information content (AvgIpc) is 3.12. The van der Waals surface area contributed by atoms with Gasteiger partial charge < -0.3 is 4.90 Å². The van der Waals surface area contributed by atoms with Gasteiger partial charge >= 0.3 is 5.69 Å². The Morgan fingerprint density at radius 1 is 0.971 bits per heavy atom. The van der Waals surface area contributed by atoms with Crippen LogP contribution < -0.4 is 16.0 Å². The standard InChI is InChI=1S/C25H30N4O5S/c1-17-8-9-18(2)21(14-17)26-35(33,34)19-10-11-22-20(15-19)24(31)29(25(32)27(22)3)16-23(30)28-12-6-4-5-7-13-28/h8-11,14-15,26H,4-7,12-13,16H2,1-3H3. The van der Waals surface area contributed by atoms with Crippen LogP contribution in [0.15, 0.2) is 50.9 Å². The Labute approximate surface area is 204 Å². The minimum atomic E-state index is -4.00. The van der Waals surface area contributed by atoms with Gasteiger partial charge in [0.25, 0.3) is 15.6 Å². The molecule has 0 bridgehead atoms. The van der Waals surface area contributed by atoms with Crippen LogP contribution in [0, 0.1) is 13.8 Å². The number of hydrogen-bond donors (Lipinski definition) is 1. The van der Waals surface area contributed by atoms with E-state index >= 15 is 0 Å². The van der Waals surface area contributed by atoms with Crippen LogP contribution in [0.3, 0.4) is 0 Å². The molecule has 1 saturated heterocycles. The van der Waals surface area contributed by atoms with E-state index in [1.165, 1.54) is 29.8 Å². The lowest BCUT2D eigenvalue weighted by Gasteiger charge is -2.21. The first-order chi connectivity index (χ1) is 16.6. The number of fused-ring (bicyclic) bond motifs is 1. The van der Waals surface area contributed by atoms with Gasteiger partial charge in [-0.25, -0.2) is 13.2 Å². The van der Waals surface area contributed by atoms with Crippen molar-refractivity contribution >= 4 is 32.5 Å². The summed E-state index contributed by atoms with van der Waals surface area (Å²) in [7, 11) is -2.50. The van der Waals surface area contributed by atoms with Gasteiger partial charge in [-0.2, -0.15) is 0 Å². The van der Waals surface area contributed by atoms with Gasteiger partial charge in [0.1, 0.15) is 6.54 Å². The molecule has 9 nitrogen and oxygen atoms in total. The maximum atomic E-state index is 13.3. The van der Waals surface area contributed by atoms with Crippen LogP contribution in [-0.4, -0.2) is 41.4 Å². The number of anilines is 1. The lowest BCUT2D eigenvalue weighted by atomic mass is 10.1. The Kier molecular flexibility index (Phi) is 6.84. The van der Waals surface area contributed by atoms with E-state index in [-0.39, 0.29) is 22.7 Å². The van der Waals surface area contributed by atoms with Crippen molar-refractivity contribution in [2.24, 2.45) is 7.05 Å². The zero-order valence-electron chi connectivity index (χ0n) is 20.2. The minimum Gasteiger partial charge on any atom is -0.341 e. The lowest BCUT2D eigenvalue weighted by molar-refractivity contribution is -0.131. The molecule has 0 spiro atoms. The Hall–Kier alpha value is -3.40. The fraction of sp³-hybridized carbons (Fsp3) is 0.400. The number of nitrogens with zero attached hydrogens (tertiary/aromatic N) is 3. The molecular formula is C25H30N4O5S. The molecule has 0 unspecified atom stereocenters. The van der Waals surface area contributed by atoms with Gasteiger partial charge in [0, 0.05) is 20.1 Å². The molecule has 1 amide bonds. The molecule has 3 aromatic rings. The number of likely N-dealkylation sites (tertiary alicyclic amines) is 1. The van der Waals surface area contributed by atoms with E-state index in [4.69, 9.17) is 0 Å². The molecule has 2 heterocycles. The number of benzene rings is 2. The quantitative estimate of drug-likeness (QED) is 0.581. The third-order valence-corrected chi connectivity index (χ3v) is 7.89. The third-order valence-electron chi connectivity index (χ3n) is 6.52.